The summed E-state index contributed by atoms with van der Waals surface area (Å²) in [5.41, 5.74) is 0.0418. The molecule has 0 spiro atoms. The zero-order valence-electron chi connectivity index (χ0n) is 12.8. The van der Waals surface area contributed by atoms with Crippen LogP contribution in [0.15, 0.2) is 52.3 Å². The molecule has 134 valence electrons. The van der Waals surface area contributed by atoms with Crippen molar-refractivity contribution in [3.8, 4) is 11.3 Å². The van der Waals surface area contributed by atoms with Crippen molar-refractivity contribution in [2.75, 3.05) is 5.32 Å². The molecule has 3 rings (SSSR count). The third-order valence-electron chi connectivity index (χ3n) is 3.39. The highest BCUT2D eigenvalue weighted by molar-refractivity contribution is 9.10. The number of benzene rings is 2. The Morgan fingerprint density at radius 3 is 2.62 bits per heavy atom. The van der Waals surface area contributed by atoms with E-state index in [4.69, 9.17) is 0 Å². The number of carbonyl (C=O) groups is 1. The van der Waals surface area contributed by atoms with Gasteiger partial charge in [-0.25, -0.2) is 9.37 Å². The summed E-state index contributed by atoms with van der Waals surface area (Å²) in [5.74, 6) is -1.00. The average molecular weight is 445 g/mol. The topological polar surface area (TPSA) is 42.0 Å². The van der Waals surface area contributed by atoms with E-state index in [1.165, 1.54) is 18.2 Å². The van der Waals surface area contributed by atoms with Crippen molar-refractivity contribution < 1.29 is 22.4 Å². The van der Waals surface area contributed by atoms with Gasteiger partial charge in [0.05, 0.1) is 16.8 Å². The molecule has 0 aliphatic carbocycles. The molecular formula is C17H9BrF4N2OS. The van der Waals surface area contributed by atoms with Gasteiger partial charge in [0, 0.05) is 15.4 Å². The van der Waals surface area contributed by atoms with Crippen LogP contribution in [-0.4, -0.2) is 10.9 Å². The van der Waals surface area contributed by atoms with Crippen molar-refractivity contribution in [1.82, 2.24) is 4.98 Å². The number of amides is 1. The highest BCUT2D eigenvalue weighted by Crippen LogP contribution is 2.33. The lowest BCUT2D eigenvalue weighted by Gasteiger charge is -2.07. The molecule has 0 fully saturated rings. The summed E-state index contributed by atoms with van der Waals surface area (Å²) < 4.78 is 51.8. The molecular weight excluding hydrogens is 436 g/mol. The summed E-state index contributed by atoms with van der Waals surface area (Å²) >= 11 is 4.18. The predicted octanol–water partition coefficient (Wildman–Crippen LogP) is 5.98. The second-order valence-electron chi connectivity index (χ2n) is 5.19. The summed E-state index contributed by atoms with van der Waals surface area (Å²) in [4.78, 5) is 16.4. The van der Waals surface area contributed by atoms with Crippen LogP contribution < -0.4 is 5.32 Å². The van der Waals surface area contributed by atoms with E-state index in [0.717, 1.165) is 35.6 Å². The van der Waals surface area contributed by atoms with Crippen molar-refractivity contribution in [3.05, 3.63) is 69.3 Å². The number of hydrogen-bond donors (Lipinski definition) is 1. The standard InChI is InChI=1S/C17H9BrF4N2OS/c18-13-7-11(19)4-5-12(13)15(25)24-16-23-14(8-26-16)9-2-1-3-10(6-9)17(20,21)22/h1-8H,(H,23,24,25). The van der Waals surface area contributed by atoms with E-state index in [0.29, 0.717) is 11.3 Å². The first kappa shape index (κ1) is 18.5. The highest BCUT2D eigenvalue weighted by Gasteiger charge is 2.30. The van der Waals surface area contributed by atoms with E-state index in [-0.39, 0.29) is 15.2 Å². The van der Waals surface area contributed by atoms with Gasteiger partial charge in [-0.1, -0.05) is 12.1 Å². The van der Waals surface area contributed by atoms with Crippen LogP contribution in [0.25, 0.3) is 11.3 Å². The maximum Gasteiger partial charge on any atom is 0.416 e. The van der Waals surface area contributed by atoms with E-state index in [1.54, 1.807) is 5.38 Å². The first-order chi connectivity index (χ1) is 12.2. The number of anilines is 1. The molecule has 26 heavy (non-hydrogen) atoms. The van der Waals surface area contributed by atoms with Gasteiger partial charge in [0.25, 0.3) is 5.91 Å². The number of rotatable bonds is 3. The Kier molecular flexibility index (Phi) is 5.10. The number of thiazole rings is 1. The van der Waals surface area contributed by atoms with Crippen molar-refractivity contribution in [1.29, 1.82) is 0 Å². The van der Waals surface area contributed by atoms with Gasteiger partial charge in [0.2, 0.25) is 0 Å². The average Bonchev–Trinajstić information content (AvgIpc) is 3.02. The van der Waals surface area contributed by atoms with Crippen LogP contribution in [0.1, 0.15) is 15.9 Å². The number of carbonyl (C=O) groups excluding carboxylic acids is 1. The predicted molar refractivity (Wildman–Crippen MR) is 94.6 cm³/mol. The normalized spacial score (nSPS) is 11.4. The summed E-state index contributed by atoms with van der Waals surface area (Å²) in [5, 5.41) is 4.31. The Balaban J connectivity index is 1.81. The third-order valence-corrected chi connectivity index (χ3v) is 4.80. The lowest BCUT2D eigenvalue weighted by molar-refractivity contribution is -0.137. The fraction of sp³-hybridized carbons (Fsp3) is 0.0588. The molecule has 9 heteroatoms. The minimum absolute atomic E-state index is 0.210. The summed E-state index contributed by atoms with van der Waals surface area (Å²) in [6.07, 6.45) is -4.45. The number of alkyl halides is 3. The van der Waals surface area contributed by atoms with Crippen LogP contribution in [0.5, 0.6) is 0 Å². The van der Waals surface area contributed by atoms with E-state index in [9.17, 15) is 22.4 Å². The molecule has 3 nitrogen and oxygen atoms in total. The maximum absolute atomic E-state index is 13.1. The van der Waals surface area contributed by atoms with Crippen LogP contribution in [0, 0.1) is 5.82 Å². The fourth-order valence-electron chi connectivity index (χ4n) is 2.16. The van der Waals surface area contributed by atoms with E-state index in [2.05, 4.69) is 26.2 Å². The van der Waals surface area contributed by atoms with Crippen molar-refractivity contribution in [2.24, 2.45) is 0 Å². The van der Waals surface area contributed by atoms with Gasteiger partial charge >= 0.3 is 6.18 Å². The first-order valence-corrected chi connectivity index (χ1v) is 8.81. The van der Waals surface area contributed by atoms with Gasteiger partial charge in [0.15, 0.2) is 5.13 Å². The minimum atomic E-state index is -4.45. The van der Waals surface area contributed by atoms with Crippen LogP contribution >= 0.6 is 27.3 Å². The summed E-state index contributed by atoms with van der Waals surface area (Å²) in [7, 11) is 0. The Morgan fingerprint density at radius 2 is 1.92 bits per heavy atom. The molecule has 0 aliphatic rings. The molecule has 0 aliphatic heterocycles. The molecule has 0 saturated heterocycles. The second kappa shape index (κ2) is 7.16. The van der Waals surface area contributed by atoms with Crippen molar-refractivity contribution in [3.63, 3.8) is 0 Å². The van der Waals surface area contributed by atoms with Gasteiger partial charge in [-0.05, 0) is 46.3 Å². The maximum atomic E-state index is 13.1. The number of halogens is 5. The Labute approximate surface area is 157 Å². The highest BCUT2D eigenvalue weighted by atomic mass is 79.9. The molecule has 0 radical (unpaired) electrons. The van der Waals surface area contributed by atoms with E-state index >= 15 is 0 Å². The van der Waals surface area contributed by atoms with E-state index < -0.39 is 23.5 Å². The number of nitrogens with zero attached hydrogens (tertiary/aromatic N) is 1. The smallest absolute Gasteiger partial charge is 0.298 e. The Morgan fingerprint density at radius 1 is 1.15 bits per heavy atom. The molecule has 2 aromatic carbocycles. The van der Waals surface area contributed by atoms with Crippen molar-refractivity contribution >= 4 is 38.3 Å². The largest absolute Gasteiger partial charge is 0.416 e. The van der Waals surface area contributed by atoms with Crippen LogP contribution in [0.4, 0.5) is 22.7 Å². The molecule has 0 saturated carbocycles. The van der Waals surface area contributed by atoms with Gasteiger partial charge in [-0.2, -0.15) is 13.2 Å². The van der Waals surface area contributed by atoms with E-state index in [1.807, 2.05) is 0 Å². The SMILES string of the molecule is O=C(Nc1nc(-c2cccc(C(F)(F)F)c2)cs1)c1ccc(F)cc1Br. The molecule has 1 heterocycles. The molecule has 1 amide bonds. The molecule has 0 bridgehead atoms. The fourth-order valence-corrected chi connectivity index (χ4v) is 3.40. The summed E-state index contributed by atoms with van der Waals surface area (Å²) in [6, 6.07) is 8.40. The minimum Gasteiger partial charge on any atom is -0.298 e. The first-order valence-electron chi connectivity index (χ1n) is 7.13. The van der Waals surface area contributed by atoms with Crippen molar-refractivity contribution in [2.45, 2.75) is 6.18 Å². The molecule has 0 atom stereocenters. The van der Waals surface area contributed by atoms with Crippen LogP contribution in [-0.2, 0) is 6.18 Å². The zero-order valence-corrected chi connectivity index (χ0v) is 15.2. The lowest BCUT2D eigenvalue weighted by atomic mass is 10.1. The second-order valence-corrected chi connectivity index (χ2v) is 6.91. The molecule has 1 N–H and O–H groups in total. The monoisotopic (exact) mass is 444 g/mol. The number of aromatic nitrogens is 1. The number of hydrogen-bond acceptors (Lipinski definition) is 3. The van der Waals surface area contributed by atoms with Crippen LogP contribution in [0.2, 0.25) is 0 Å². The zero-order chi connectivity index (χ0) is 18.9. The van der Waals surface area contributed by atoms with Crippen LogP contribution in [0.3, 0.4) is 0 Å². The molecule has 3 aromatic rings. The van der Waals surface area contributed by atoms with Gasteiger partial charge < -0.3 is 0 Å². The quantitative estimate of drug-likeness (QED) is 0.504. The Hall–Kier alpha value is -2.26. The third kappa shape index (κ3) is 4.10. The van der Waals surface area contributed by atoms with Gasteiger partial charge in [-0.15, -0.1) is 11.3 Å². The molecule has 0 unspecified atom stereocenters. The summed E-state index contributed by atoms with van der Waals surface area (Å²) in [6.45, 7) is 0. The lowest BCUT2D eigenvalue weighted by Crippen LogP contribution is -2.12. The molecule has 1 aromatic heterocycles. The van der Waals surface area contributed by atoms with Gasteiger partial charge in [0.1, 0.15) is 5.82 Å². The number of nitrogens with one attached hydrogen (secondary N) is 1. The Bertz CT molecular complexity index is 971. The van der Waals surface area contributed by atoms with Gasteiger partial charge in [-0.3, -0.25) is 10.1 Å².